The maximum atomic E-state index is 5.75. The Morgan fingerprint density at radius 2 is 2.25 bits per heavy atom. The first kappa shape index (κ1) is 9.33. The Morgan fingerprint density at radius 1 is 1.67 bits per heavy atom. The fraction of sp³-hybridized carbons (Fsp3) is 0.444. The lowest BCUT2D eigenvalue weighted by Gasteiger charge is -2.03. The molecule has 2 nitrogen and oxygen atoms in total. The number of nitrogens with two attached hydrogens (primary N) is 1. The van der Waals surface area contributed by atoms with Gasteiger partial charge in [-0.3, -0.25) is 4.99 Å². The second kappa shape index (κ2) is 3.76. The van der Waals surface area contributed by atoms with Crippen LogP contribution in [-0.4, -0.2) is 12.2 Å². The van der Waals surface area contributed by atoms with E-state index in [4.69, 9.17) is 17.3 Å². The highest BCUT2D eigenvalue weighted by atomic mass is 35.5. The summed E-state index contributed by atoms with van der Waals surface area (Å²) in [4.78, 5) is 3.83. The van der Waals surface area contributed by atoms with Crippen molar-refractivity contribution in [2.24, 2.45) is 16.6 Å². The number of aliphatic imine (C=N–C) groups is 1. The second-order valence-electron chi connectivity index (χ2n) is 2.95. The molecule has 0 spiro atoms. The first-order chi connectivity index (χ1) is 5.65. The molecule has 1 saturated carbocycles. The summed E-state index contributed by atoms with van der Waals surface area (Å²) < 4.78 is 0. The molecule has 0 unspecified atom stereocenters. The molecule has 0 aromatic heterocycles. The molecule has 66 valence electrons. The van der Waals surface area contributed by atoms with E-state index < -0.39 is 0 Å². The van der Waals surface area contributed by atoms with Crippen molar-refractivity contribution in [3.05, 3.63) is 23.9 Å². The zero-order chi connectivity index (χ0) is 9.14. The molecule has 0 saturated heterocycles. The van der Waals surface area contributed by atoms with E-state index in [1.807, 2.05) is 6.08 Å². The highest BCUT2D eigenvalue weighted by molar-refractivity contribution is 6.68. The van der Waals surface area contributed by atoms with Gasteiger partial charge in [0.1, 0.15) is 5.17 Å². The minimum Gasteiger partial charge on any atom is -0.399 e. The van der Waals surface area contributed by atoms with Gasteiger partial charge in [-0.2, -0.15) is 0 Å². The number of nitrogens with zero attached hydrogens (tertiary/aromatic N) is 1. The van der Waals surface area contributed by atoms with Gasteiger partial charge in [0.2, 0.25) is 0 Å². The van der Waals surface area contributed by atoms with Crippen molar-refractivity contribution < 1.29 is 0 Å². The van der Waals surface area contributed by atoms with Crippen LogP contribution < -0.4 is 5.73 Å². The molecule has 2 N–H and O–H groups in total. The maximum Gasteiger partial charge on any atom is 0.123 e. The highest BCUT2D eigenvalue weighted by Gasteiger charge is 2.26. The molecule has 0 amide bonds. The molecule has 12 heavy (non-hydrogen) atoms. The van der Waals surface area contributed by atoms with Crippen LogP contribution in [0.15, 0.2) is 28.9 Å². The smallest absolute Gasteiger partial charge is 0.123 e. The van der Waals surface area contributed by atoms with Gasteiger partial charge in [-0.25, -0.2) is 0 Å². The van der Waals surface area contributed by atoms with Crippen LogP contribution >= 0.6 is 11.6 Å². The summed E-state index contributed by atoms with van der Waals surface area (Å²) in [5, 5.41) is 0.489. The quantitative estimate of drug-likeness (QED) is 0.529. The molecule has 0 aromatic rings. The van der Waals surface area contributed by atoms with Gasteiger partial charge in [-0.1, -0.05) is 18.2 Å². The van der Waals surface area contributed by atoms with Gasteiger partial charge in [0.25, 0.3) is 0 Å². The lowest BCUT2D eigenvalue weighted by Crippen LogP contribution is -2.02. The molecule has 0 radical (unpaired) electrons. The van der Waals surface area contributed by atoms with E-state index in [1.165, 1.54) is 12.8 Å². The van der Waals surface area contributed by atoms with Crippen molar-refractivity contribution in [1.82, 2.24) is 0 Å². The Bertz CT molecular complexity index is 249. The van der Waals surface area contributed by atoms with E-state index in [2.05, 4.69) is 11.6 Å². The zero-order valence-corrected chi connectivity index (χ0v) is 7.93. The van der Waals surface area contributed by atoms with Crippen molar-refractivity contribution in [1.29, 1.82) is 0 Å². The standard InChI is InChI=1S/C9H13ClN2/c1-6(11)8(7-3-4-7)5-9(10)12-2/h5,7H,1,3-4,11H2,2H3/b8-5+,12-9+. The number of hydrogen-bond donors (Lipinski definition) is 1. The molecule has 0 bridgehead atoms. The third-order valence-corrected chi connectivity index (χ3v) is 2.15. The fourth-order valence-electron chi connectivity index (χ4n) is 1.06. The lowest BCUT2D eigenvalue weighted by molar-refractivity contribution is 1.01. The molecule has 1 fully saturated rings. The number of hydrogen-bond acceptors (Lipinski definition) is 2. The van der Waals surface area contributed by atoms with E-state index in [1.54, 1.807) is 7.05 Å². The van der Waals surface area contributed by atoms with E-state index in [-0.39, 0.29) is 0 Å². The van der Waals surface area contributed by atoms with Crippen LogP contribution in [0.4, 0.5) is 0 Å². The third kappa shape index (κ3) is 2.38. The summed E-state index contributed by atoms with van der Waals surface area (Å²) in [5.74, 6) is 0.568. The Morgan fingerprint density at radius 3 is 2.58 bits per heavy atom. The fourth-order valence-corrected chi connectivity index (χ4v) is 1.18. The van der Waals surface area contributed by atoms with Crippen molar-refractivity contribution in [3.63, 3.8) is 0 Å². The average Bonchev–Trinajstić information content (AvgIpc) is 2.81. The molecule has 0 aromatic carbocycles. The molecule has 1 aliphatic carbocycles. The molecular weight excluding hydrogens is 172 g/mol. The summed E-state index contributed by atoms with van der Waals surface area (Å²) in [7, 11) is 1.66. The minimum atomic E-state index is 0.489. The normalized spacial score (nSPS) is 19.5. The molecule has 3 heteroatoms. The maximum absolute atomic E-state index is 5.75. The third-order valence-electron chi connectivity index (χ3n) is 1.88. The van der Waals surface area contributed by atoms with Crippen LogP contribution in [0.3, 0.4) is 0 Å². The SMILES string of the molecule is C=C(N)/C(=C\C(Cl)=N/C)C1CC1. The zero-order valence-electron chi connectivity index (χ0n) is 7.18. The van der Waals surface area contributed by atoms with Crippen LogP contribution in [0.2, 0.25) is 0 Å². The van der Waals surface area contributed by atoms with Gasteiger partial charge in [0.15, 0.2) is 0 Å². The van der Waals surface area contributed by atoms with E-state index in [9.17, 15) is 0 Å². The lowest BCUT2D eigenvalue weighted by atomic mass is 10.1. The monoisotopic (exact) mass is 184 g/mol. The van der Waals surface area contributed by atoms with E-state index in [0.29, 0.717) is 16.8 Å². The minimum absolute atomic E-state index is 0.489. The Labute approximate surface area is 77.8 Å². The summed E-state index contributed by atoms with van der Waals surface area (Å²) in [6, 6.07) is 0. The number of allylic oxidation sites excluding steroid dienone is 2. The van der Waals surface area contributed by atoms with Crippen molar-refractivity contribution in [3.8, 4) is 0 Å². The predicted octanol–water partition coefficient (Wildman–Crippen LogP) is 2.06. The second-order valence-corrected chi connectivity index (χ2v) is 3.33. The van der Waals surface area contributed by atoms with Gasteiger partial charge in [0.05, 0.1) is 0 Å². The van der Waals surface area contributed by atoms with Crippen molar-refractivity contribution in [2.75, 3.05) is 7.05 Å². The highest BCUT2D eigenvalue weighted by Crippen LogP contribution is 2.38. The summed E-state index contributed by atoms with van der Waals surface area (Å²) in [6.45, 7) is 3.70. The Kier molecular flexibility index (Phi) is 2.93. The molecule has 0 heterocycles. The van der Waals surface area contributed by atoms with Gasteiger partial charge in [-0.05, 0) is 30.4 Å². The largest absolute Gasteiger partial charge is 0.399 e. The van der Waals surface area contributed by atoms with Crippen LogP contribution in [0, 0.1) is 5.92 Å². The summed E-state index contributed by atoms with van der Waals surface area (Å²) in [5.41, 5.74) is 7.26. The average molecular weight is 185 g/mol. The Balaban J connectivity index is 2.77. The number of halogens is 1. The molecule has 1 rings (SSSR count). The molecule has 0 atom stereocenters. The van der Waals surface area contributed by atoms with Crippen molar-refractivity contribution in [2.45, 2.75) is 12.8 Å². The molecular formula is C9H13ClN2. The van der Waals surface area contributed by atoms with E-state index in [0.717, 1.165) is 5.57 Å². The summed E-state index contributed by atoms with van der Waals surface area (Å²) in [6.07, 6.45) is 4.19. The molecule has 0 aliphatic heterocycles. The predicted molar refractivity (Wildman–Crippen MR) is 53.3 cm³/mol. The summed E-state index contributed by atoms with van der Waals surface area (Å²) >= 11 is 5.75. The Hall–Kier alpha value is -0.760. The first-order valence-electron chi connectivity index (χ1n) is 3.93. The van der Waals surface area contributed by atoms with Gasteiger partial charge >= 0.3 is 0 Å². The first-order valence-corrected chi connectivity index (χ1v) is 4.31. The molecule has 1 aliphatic rings. The van der Waals surface area contributed by atoms with Gasteiger partial charge in [0, 0.05) is 12.7 Å². The van der Waals surface area contributed by atoms with Gasteiger partial charge < -0.3 is 5.73 Å². The van der Waals surface area contributed by atoms with Crippen molar-refractivity contribution >= 4 is 16.8 Å². The van der Waals surface area contributed by atoms with Crippen LogP contribution in [-0.2, 0) is 0 Å². The topological polar surface area (TPSA) is 38.4 Å². The number of rotatable bonds is 3. The van der Waals surface area contributed by atoms with Crippen LogP contribution in [0.5, 0.6) is 0 Å². The van der Waals surface area contributed by atoms with E-state index >= 15 is 0 Å². The van der Waals surface area contributed by atoms with Crippen LogP contribution in [0.25, 0.3) is 0 Å². The van der Waals surface area contributed by atoms with Crippen LogP contribution in [0.1, 0.15) is 12.8 Å². The van der Waals surface area contributed by atoms with Gasteiger partial charge in [-0.15, -0.1) is 0 Å².